The average Bonchev–Trinajstić information content (AvgIpc) is 3.68. The van der Waals surface area contributed by atoms with Crippen LogP contribution >= 0.6 is 0 Å². The number of aliphatic hydroxyl groups is 1. The number of anilines is 1. The highest BCUT2D eigenvalue weighted by Crippen LogP contribution is 2.54. The monoisotopic (exact) mass is 799 g/mol. The first-order valence-corrected chi connectivity index (χ1v) is 20.2. The molecule has 1 saturated carbocycles. The first-order chi connectivity index (χ1) is 27.9. The molecule has 0 spiro atoms. The summed E-state index contributed by atoms with van der Waals surface area (Å²) in [7, 11) is 1.61. The zero-order valence-corrected chi connectivity index (χ0v) is 33.3. The van der Waals surface area contributed by atoms with Crippen LogP contribution in [0.4, 0.5) is 10.2 Å². The van der Waals surface area contributed by atoms with E-state index in [0.717, 1.165) is 49.1 Å². The van der Waals surface area contributed by atoms with Gasteiger partial charge in [-0.3, -0.25) is 14.7 Å². The van der Waals surface area contributed by atoms with Crippen LogP contribution in [0.25, 0.3) is 32.9 Å². The molecule has 4 aliphatic heterocycles. The number of ether oxygens (including phenoxy) is 3. The maximum atomic E-state index is 16.0. The zero-order chi connectivity index (χ0) is 40.6. The second kappa shape index (κ2) is 14.9. The van der Waals surface area contributed by atoms with E-state index in [0.29, 0.717) is 44.9 Å². The molecule has 18 heteroatoms. The molecule has 2 aromatic heterocycles. The van der Waals surface area contributed by atoms with Gasteiger partial charge in [-0.15, -0.1) is 0 Å². The van der Waals surface area contributed by atoms with Crippen LogP contribution in [-0.4, -0.2) is 129 Å². The molecular weight excluding hydrogens is 750 g/mol. The summed E-state index contributed by atoms with van der Waals surface area (Å²) in [6, 6.07) is 2.36. The minimum atomic E-state index is -0.966. The number of carbonyl (C=O) groups is 2. The Balaban J connectivity index is 1.25. The molecule has 308 valence electrons. The van der Waals surface area contributed by atoms with Crippen LogP contribution in [0.1, 0.15) is 63.5 Å². The van der Waals surface area contributed by atoms with E-state index in [-0.39, 0.29) is 56.1 Å². The first-order valence-electron chi connectivity index (χ1n) is 20.2. The van der Waals surface area contributed by atoms with Gasteiger partial charge in [0.2, 0.25) is 18.0 Å². The van der Waals surface area contributed by atoms with E-state index < -0.39 is 42.0 Å². The Labute approximate surface area is 334 Å². The SMILES string of the molecule is CO[C@@H](C)COc1nc(N2C[C@@H]3C[C@H]2CN3)c2cc(C3CC3)c(-c3c(C)c(F)cc4[nH]ncc34)c(OC3CN=NN3[C@H](C(=O)N3C[C@H](O)C[C@H]3C(N)=O)C(C)C)c2n1. The van der Waals surface area contributed by atoms with Crippen LogP contribution in [0.5, 0.6) is 11.8 Å². The van der Waals surface area contributed by atoms with Gasteiger partial charge in [-0.25, -0.2) is 9.40 Å². The van der Waals surface area contributed by atoms with Crippen molar-refractivity contribution in [2.24, 2.45) is 22.0 Å². The van der Waals surface area contributed by atoms with Crippen LogP contribution in [0.2, 0.25) is 0 Å². The van der Waals surface area contributed by atoms with E-state index in [1.165, 1.54) is 16.0 Å². The standard InChI is InChI=1S/C40H50FN11O6/c1-18(2)35(39(55)51-16-24(53)9-30(51)37(42)54)52-31(14-45-49-52)58-36-33(32-20(4)28(41)11-29-27(32)13-44-48-29)25(21-6-7-21)10-26-34(36)46-40(57-17-19(3)56-5)47-38(26)50-15-22-8-23(50)12-43-22/h10-11,13,18-19,21-24,30-31,35,43,53H,6-9,12,14-17H2,1-5H3,(H2,42,54)(H,44,48)/t19-,22-,23-,24+,30-,31?,35-/m0/s1. The van der Waals surface area contributed by atoms with Crippen LogP contribution < -0.4 is 25.4 Å². The fourth-order valence-corrected chi connectivity index (χ4v) is 9.14. The molecule has 1 aliphatic carbocycles. The van der Waals surface area contributed by atoms with Crippen molar-refractivity contribution in [2.75, 3.05) is 44.8 Å². The summed E-state index contributed by atoms with van der Waals surface area (Å²) in [4.78, 5) is 40.7. The van der Waals surface area contributed by atoms with Gasteiger partial charge in [-0.05, 0) is 68.2 Å². The lowest BCUT2D eigenvalue weighted by molar-refractivity contribution is -0.146. The summed E-state index contributed by atoms with van der Waals surface area (Å²) >= 11 is 0. The Hall–Kier alpha value is -5.20. The Morgan fingerprint density at radius 3 is 2.60 bits per heavy atom. The number of aromatic amines is 1. The minimum Gasteiger partial charge on any atom is -0.464 e. The fraction of sp³-hybridized carbons (Fsp3) is 0.575. The third-order valence-electron chi connectivity index (χ3n) is 12.3. The number of fused-ring (bicyclic) bond motifs is 4. The number of aliphatic hydroxyl groups excluding tert-OH is 1. The number of nitrogens with two attached hydrogens (primary N) is 1. The highest BCUT2D eigenvalue weighted by Gasteiger charge is 2.47. The van der Waals surface area contributed by atoms with Gasteiger partial charge >= 0.3 is 6.01 Å². The maximum absolute atomic E-state index is 16.0. The Kier molecular flexibility index (Phi) is 9.83. The number of methoxy groups -OCH3 is 1. The Morgan fingerprint density at radius 1 is 1.10 bits per heavy atom. The van der Waals surface area contributed by atoms with Gasteiger partial charge in [-0.2, -0.15) is 20.2 Å². The molecule has 7 atom stereocenters. The van der Waals surface area contributed by atoms with Crippen molar-refractivity contribution in [3.05, 3.63) is 35.3 Å². The zero-order valence-electron chi connectivity index (χ0n) is 33.3. The van der Waals surface area contributed by atoms with Crippen molar-refractivity contribution in [1.82, 2.24) is 35.4 Å². The summed E-state index contributed by atoms with van der Waals surface area (Å²) in [6.07, 6.45) is 2.52. The van der Waals surface area contributed by atoms with Crippen molar-refractivity contribution in [2.45, 2.75) is 102 Å². The number of piperazine rings is 1. The number of carbonyl (C=O) groups excluding carboxylic acids is 2. The summed E-state index contributed by atoms with van der Waals surface area (Å²) in [5.41, 5.74) is 9.37. The lowest BCUT2D eigenvalue weighted by Gasteiger charge is -2.36. The number of β-amino-alcohol motifs (C(OH)–C–C–N with tert-alkyl or cyclic N) is 1. The molecule has 4 fully saturated rings. The highest BCUT2D eigenvalue weighted by molar-refractivity contribution is 6.06. The third-order valence-corrected chi connectivity index (χ3v) is 12.3. The fourth-order valence-electron chi connectivity index (χ4n) is 9.14. The molecule has 2 amide bonds. The number of likely N-dealkylation sites (tertiary alicyclic amines) is 1. The number of aromatic nitrogens is 4. The van der Waals surface area contributed by atoms with Gasteiger partial charge in [0.15, 0.2) is 5.75 Å². The van der Waals surface area contributed by atoms with Gasteiger partial charge in [0, 0.05) is 67.1 Å². The second-order valence-electron chi connectivity index (χ2n) is 16.7. The molecule has 2 aromatic carbocycles. The molecule has 6 heterocycles. The molecular formula is C40H50FN11O6. The molecule has 5 aliphatic rings. The van der Waals surface area contributed by atoms with Crippen molar-refractivity contribution >= 4 is 39.4 Å². The quantitative estimate of drug-likeness (QED) is 0.154. The molecule has 4 aromatic rings. The van der Waals surface area contributed by atoms with Crippen molar-refractivity contribution in [3.63, 3.8) is 0 Å². The largest absolute Gasteiger partial charge is 0.464 e. The number of nitrogens with zero attached hydrogens (tertiary/aromatic N) is 8. The van der Waals surface area contributed by atoms with Crippen LogP contribution in [0.15, 0.2) is 28.7 Å². The number of nitrogens with one attached hydrogen (secondary N) is 2. The molecule has 5 N–H and O–H groups in total. The minimum absolute atomic E-state index is 0.0397. The van der Waals surface area contributed by atoms with Crippen molar-refractivity contribution in [3.8, 4) is 22.9 Å². The van der Waals surface area contributed by atoms with E-state index in [1.54, 1.807) is 20.2 Å². The lowest BCUT2D eigenvalue weighted by Crippen LogP contribution is -2.56. The molecule has 0 radical (unpaired) electrons. The van der Waals surface area contributed by atoms with Gasteiger partial charge in [0.25, 0.3) is 0 Å². The van der Waals surface area contributed by atoms with E-state index >= 15 is 4.39 Å². The Morgan fingerprint density at radius 2 is 1.91 bits per heavy atom. The third kappa shape index (κ3) is 6.63. The van der Waals surface area contributed by atoms with E-state index in [4.69, 9.17) is 29.9 Å². The number of hydrogen-bond acceptors (Lipinski definition) is 14. The van der Waals surface area contributed by atoms with Gasteiger partial charge in [0.1, 0.15) is 42.4 Å². The molecule has 3 saturated heterocycles. The van der Waals surface area contributed by atoms with Gasteiger partial charge in [0.05, 0.1) is 23.9 Å². The predicted octanol–water partition coefficient (Wildman–Crippen LogP) is 3.32. The van der Waals surface area contributed by atoms with Gasteiger partial charge < -0.3 is 40.2 Å². The molecule has 2 bridgehead atoms. The molecule has 1 unspecified atom stereocenters. The lowest BCUT2D eigenvalue weighted by atomic mass is 9.88. The topological polar surface area (TPSA) is 209 Å². The van der Waals surface area contributed by atoms with Gasteiger partial charge in [-0.1, -0.05) is 19.1 Å². The first kappa shape index (κ1) is 38.3. The van der Waals surface area contributed by atoms with Crippen molar-refractivity contribution in [1.29, 1.82) is 0 Å². The number of primary amides is 1. The predicted molar refractivity (Wildman–Crippen MR) is 211 cm³/mol. The number of H-pyrrole nitrogens is 1. The number of rotatable bonds is 13. The maximum Gasteiger partial charge on any atom is 0.319 e. The summed E-state index contributed by atoms with van der Waals surface area (Å²) in [5.74, 6) is -0.620. The van der Waals surface area contributed by atoms with Crippen molar-refractivity contribution < 1.29 is 33.3 Å². The highest BCUT2D eigenvalue weighted by atomic mass is 19.1. The number of amides is 2. The Bertz CT molecular complexity index is 2300. The van der Waals surface area contributed by atoms with Crippen LogP contribution in [0.3, 0.4) is 0 Å². The molecule has 9 rings (SSSR count). The smallest absolute Gasteiger partial charge is 0.319 e. The van der Waals surface area contributed by atoms with E-state index in [2.05, 4.69) is 36.8 Å². The van der Waals surface area contributed by atoms with Crippen LogP contribution in [0, 0.1) is 18.7 Å². The number of benzene rings is 2. The molecule has 58 heavy (non-hydrogen) atoms. The number of hydrogen-bond donors (Lipinski definition) is 4. The second-order valence-corrected chi connectivity index (χ2v) is 16.7. The normalized spacial score (nSPS) is 25.2. The summed E-state index contributed by atoms with van der Waals surface area (Å²) < 4.78 is 35.0. The number of halogens is 1. The molecule has 17 nitrogen and oxygen atoms in total. The van der Waals surface area contributed by atoms with E-state index in [1.807, 2.05) is 20.8 Å². The average molecular weight is 800 g/mol. The van der Waals surface area contributed by atoms with E-state index in [9.17, 15) is 14.7 Å². The van der Waals surface area contributed by atoms with Crippen LogP contribution in [-0.2, 0) is 14.3 Å². The summed E-state index contributed by atoms with van der Waals surface area (Å²) in [6.45, 7) is 9.19. The summed E-state index contributed by atoms with van der Waals surface area (Å²) in [5, 5.41) is 33.2.